The lowest BCUT2D eigenvalue weighted by atomic mass is 10.1. The number of thiophene rings is 1. The summed E-state index contributed by atoms with van der Waals surface area (Å²) in [5.41, 5.74) is 1.60. The van der Waals surface area contributed by atoms with Crippen LogP contribution in [0.25, 0.3) is 0 Å². The maximum Gasteiger partial charge on any atom is 0.256 e. The summed E-state index contributed by atoms with van der Waals surface area (Å²) in [6, 6.07) is 9.09. The quantitative estimate of drug-likeness (QED) is 0.869. The minimum Gasteiger partial charge on any atom is -0.349 e. The average Bonchev–Trinajstić information content (AvgIpc) is 3.17. The van der Waals surface area contributed by atoms with E-state index in [-0.39, 0.29) is 17.9 Å². The van der Waals surface area contributed by atoms with Gasteiger partial charge in [0.05, 0.1) is 20.6 Å². The lowest BCUT2D eigenvalue weighted by Crippen LogP contribution is -2.26. The molecule has 0 radical (unpaired) electrons. The van der Waals surface area contributed by atoms with Crippen molar-refractivity contribution in [2.24, 2.45) is 0 Å². The van der Waals surface area contributed by atoms with Gasteiger partial charge in [-0.05, 0) is 47.0 Å². The zero-order valence-electron chi connectivity index (χ0n) is 11.1. The van der Waals surface area contributed by atoms with Crippen molar-refractivity contribution in [2.45, 2.75) is 18.9 Å². The van der Waals surface area contributed by atoms with Crippen molar-refractivity contribution >= 4 is 44.8 Å². The third-order valence-electron chi connectivity index (χ3n) is 3.16. The Hall–Kier alpha value is -1.66. The average molecular weight is 365 g/mol. The summed E-state index contributed by atoms with van der Waals surface area (Å²) in [7, 11) is 0. The minimum absolute atomic E-state index is 0.139. The number of nitrogens with one attached hydrogen (secondary N) is 2. The van der Waals surface area contributed by atoms with Crippen LogP contribution in [0.2, 0.25) is 0 Å². The second-order valence-electron chi connectivity index (χ2n) is 4.89. The third-order valence-corrected chi connectivity index (χ3v) is 4.67. The largest absolute Gasteiger partial charge is 0.349 e. The molecule has 1 heterocycles. The molecule has 1 aromatic heterocycles. The molecule has 21 heavy (non-hydrogen) atoms. The van der Waals surface area contributed by atoms with Gasteiger partial charge in [0.1, 0.15) is 0 Å². The van der Waals surface area contributed by atoms with E-state index in [2.05, 4.69) is 26.6 Å². The van der Waals surface area contributed by atoms with Gasteiger partial charge in [-0.25, -0.2) is 0 Å². The first-order chi connectivity index (χ1) is 10.1. The molecule has 1 aromatic carbocycles. The van der Waals surface area contributed by atoms with Crippen LogP contribution in [0, 0.1) is 0 Å². The van der Waals surface area contributed by atoms with E-state index in [1.54, 1.807) is 35.7 Å². The predicted molar refractivity (Wildman–Crippen MR) is 86.9 cm³/mol. The monoisotopic (exact) mass is 364 g/mol. The van der Waals surface area contributed by atoms with Gasteiger partial charge in [0.25, 0.3) is 11.8 Å². The normalized spacial score (nSPS) is 13.8. The highest BCUT2D eigenvalue weighted by Gasteiger charge is 2.25. The van der Waals surface area contributed by atoms with Gasteiger partial charge in [-0.3, -0.25) is 9.59 Å². The molecule has 108 valence electrons. The lowest BCUT2D eigenvalue weighted by Gasteiger charge is -2.10. The van der Waals surface area contributed by atoms with Crippen LogP contribution in [-0.4, -0.2) is 17.9 Å². The molecule has 6 heteroatoms. The zero-order chi connectivity index (χ0) is 14.8. The Kier molecular flexibility index (Phi) is 4.07. The molecule has 4 nitrogen and oxygen atoms in total. The Balaban J connectivity index is 1.78. The number of rotatable bonds is 4. The number of para-hydroxylation sites is 1. The Labute approximate surface area is 134 Å². The molecule has 1 aliphatic carbocycles. The van der Waals surface area contributed by atoms with E-state index in [1.807, 2.05) is 0 Å². The number of hydrogen-bond donors (Lipinski definition) is 2. The number of amides is 2. The van der Waals surface area contributed by atoms with Gasteiger partial charge in [0, 0.05) is 11.4 Å². The molecule has 0 bridgehead atoms. The highest BCUT2D eigenvalue weighted by atomic mass is 79.9. The second kappa shape index (κ2) is 5.99. The van der Waals surface area contributed by atoms with Gasteiger partial charge in [0.15, 0.2) is 0 Å². The fourth-order valence-electron chi connectivity index (χ4n) is 1.90. The van der Waals surface area contributed by atoms with Crippen molar-refractivity contribution < 1.29 is 9.59 Å². The highest BCUT2D eigenvalue weighted by molar-refractivity contribution is 9.11. The first kappa shape index (κ1) is 14.3. The number of carbonyl (C=O) groups is 2. The molecule has 0 aliphatic heterocycles. The van der Waals surface area contributed by atoms with Gasteiger partial charge < -0.3 is 10.6 Å². The van der Waals surface area contributed by atoms with E-state index in [0.717, 1.165) is 16.6 Å². The summed E-state index contributed by atoms with van der Waals surface area (Å²) in [5, 5.41) is 7.50. The van der Waals surface area contributed by atoms with Crippen LogP contribution in [0.4, 0.5) is 5.69 Å². The summed E-state index contributed by atoms with van der Waals surface area (Å²) >= 11 is 4.78. The van der Waals surface area contributed by atoms with Gasteiger partial charge in [-0.1, -0.05) is 12.1 Å². The minimum atomic E-state index is -0.219. The first-order valence-electron chi connectivity index (χ1n) is 6.59. The molecule has 3 rings (SSSR count). The molecule has 2 aromatic rings. The highest BCUT2D eigenvalue weighted by Crippen LogP contribution is 2.24. The lowest BCUT2D eigenvalue weighted by molar-refractivity contribution is 0.0952. The molecular weight excluding hydrogens is 352 g/mol. The van der Waals surface area contributed by atoms with Gasteiger partial charge in [-0.2, -0.15) is 0 Å². The van der Waals surface area contributed by atoms with Crippen LogP contribution in [0.3, 0.4) is 0 Å². The maximum atomic E-state index is 12.2. The number of anilines is 1. The number of hydrogen-bond acceptors (Lipinski definition) is 3. The van der Waals surface area contributed by atoms with Crippen LogP contribution >= 0.6 is 27.3 Å². The van der Waals surface area contributed by atoms with Crippen LogP contribution in [0.15, 0.2) is 39.5 Å². The van der Waals surface area contributed by atoms with Crippen LogP contribution in [-0.2, 0) is 0 Å². The molecular formula is C15H13BrN2O2S. The molecule has 2 amide bonds. The topological polar surface area (TPSA) is 58.2 Å². The van der Waals surface area contributed by atoms with E-state index < -0.39 is 0 Å². The molecule has 0 saturated heterocycles. The SMILES string of the molecule is O=C(Nc1ccccc1C(=O)NC1CC1)c1csc(Br)c1. The van der Waals surface area contributed by atoms with E-state index in [9.17, 15) is 9.59 Å². The summed E-state index contributed by atoms with van der Waals surface area (Å²) in [6.45, 7) is 0. The Morgan fingerprint density at radius 2 is 1.95 bits per heavy atom. The van der Waals surface area contributed by atoms with Crippen LogP contribution in [0.1, 0.15) is 33.6 Å². The van der Waals surface area contributed by atoms with Gasteiger partial charge in [-0.15, -0.1) is 11.3 Å². The Bertz CT molecular complexity index is 694. The number of carbonyl (C=O) groups excluding carboxylic acids is 2. The van der Waals surface area contributed by atoms with Crippen molar-refractivity contribution in [2.75, 3.05) is 5.32 Å². The molecule has 1 fully saturated rings. The van der Waals surface area contributed by atoms with Crippen molar-refractivity contribution in [3.63, 3.8) is 0 Å². The third kappa shape index (κ3) is 3.51. The van der Waals surface area contributed by atoms with Crippen molar-refractivity contribution in [1.82, 2.24) is 5.32 Å². The van der Waals surface area contributed by atoms with E-state index in [1.165, 1.54) is 11.3 Å². The number of halogens is 1. The van der Waals surface area contributed by atoms with E-state index in [4.69, 9.17) is 0 Å². The molecule has 1 saturated carbocycles. The Morgan fingerprint density at radius 3 is 2.62 bits per heavy atom. The zero-order valence-corrected chi connectivity index (χ0v) is 13.5. The van der Waals surface area contributed by atoms with Crippen molar-refractivity contribution in [1.29, 1.82) is 0 Å². The van der Waals surface area contributed by atoms with Crippen LogP contribution < -0.4 is 10.6 Å². The fraction of sp³-hybridized carbons (Fsp3) is 0.200. The van der Waals surface area contributed by atoms with E-state index >= 15 is 0 Å². The molecule has 0 spiro atoms. The van der Waals surface area contributed by atoms with Crippen LogP contribution in [0.5, 0.6) is 0 Å². The summed E-state index contributed by atoms with van der Waals surface area (Å²) < 4.78 is 0.896. The second-order valence-corrected chi connectivity index (χ2v) is 7.18. The van der Waals surface area contributed by atoms with Gasteiger partial charge in [0.2, 0.25) is 0 Å². The number of benzene rings is 1. The maximum absolute atomic E-state index is 12.2. The first-order valence-corrected chi connectivity index (χ1v) is 8.26. The van der Waals surface area contributed by atoms with Gasteiger partial charge >= 0.3 is 0 Å². The summed E-state index contributed by atoms with van der Waals surface area (Å²) in [4.78, 5) is 24.3. The standard InChI is InChI=1S/C15H13BrN2O2S/c16-13-7-9(8-21-13)14(19)18-12-4-2-1-3-11(12)15(20)17-10-5-6-10/h1-4,7-8,10H,5-6H2,(H,17,20)(H,18,19). The molecule has 2 N–H and O–H groups in total. The molecule has 1 aliphatic rings. The molecule has 0 unspecified atom stereocenters. The fourth-order valence-corrected chi connectivity index (χ4v) is 3.04. The smallest absolute Gasteiger partial charge is 0.256 e. The van der Waals surface area contributed by atoms with Crippen molar-refractivity contribution in [3.8, 4) is 0 Å². The summed E-state index contributed by atoms with van der Waals surface area (Å²) in [5.74, 6) is -0.358. The van der Waals surface area contributed by atoms with Crippen molar-refractivity contribution in [3.05, 3.63) is 50.6 Å². The molecule has 0 atom stereocenters. The van der Waals surface area contributed by atoms with E-state index in [0.29, 0.717) is 16.8 Å². The predicted octanol–water partition coefficient (Wildman–Crippen LogP) is 3.66. The summed E-state index contributed by atoms with van der Waals surface area (Å²) in [6.07, 6.45) is 2.06. The Morgan fingerprint density at radius 1 is 1.19 bits per heavy atom.